The molecule has 2 rings (SSSR count). The highest BCUT2D eigenvalue weighted by Crippen LogP contribution is 2.13. The minimum atomic E-state index is -1.15. The molecule has 7 nitrogen and oxygen atoms in total. The Morgan fingerprint density at radius 2 is 2.10 bits per heavy atom. The van der Waals surface area contributed by atoms with Gasteiger partial charge in [-0.15, -0.1) is 5.10 Å². The van der Waals surface area contributed by atoms with Crippen molar-refractivity contribution in [2.45, 2.75) is 20.0 Å². The Labute approximate surface area is 114 Å². The third-order valence-electron chi connectivity index (χ3n) is 2.44. The Balaban J connectivity index is 2.37. The quantitative estimate of drug-likeness (QED) is 0.850. The molecule has 0 spiro atoms. The third kappa shape index (κ3) is 2.82. The number of ether oxygens (including phenoxy) is 1. The molecule has 1 aromatic carbocycles. The van der Waals surface area contributed by atoms with E-state index in [9.17, 15) is 9.59 Å². The van der Waals surface area contributed by atoms with Crippen LogP contribution in [0, 0.1) is 0 Å². The molecule has 0 aliphatic rings. The van der Waals surface area contributed by atoms with Crippen LogP contribution >= 0.6 is 0 Å². The van der Waals surface area contributed by atoms with Crippen LogP contribution in [-0.2, 0) is 4.74 Å². The molecule has 7 heteroatoms. The molecule has 0 fully saturated rings. The Kier molecular flexibility index (Phi) is 3.79. The molecule has 0 aliphatic carbocycles. The van der Waals surface area contributed by atoms with Gasteiger partial charge in [0.2, 0.25) is 0 Å². The summed E-state index contributed by atoms with van der Waals surface area (Å²) in [5.74, 6) is -1.62. The van der Waals surface area contributed by atoms with E-state index in [-0.39, 0.29) is 11.8 Å². The van der Waals surface area contributed by atoms with Gasteiger partial charge in [-0.05, 0) is 32.0 Å². The van der Waals surface area contributed by atoms with Crippen LogP contribution in [-0.4, -0.2) is 38.1 Å². The summed E-state index contributed by atoms with van der Waals surface area (Å²) >= 11 is 0. The number of aromatic nitrogens is 3. The normalized spacial score (nSPS) is 10.6. The fraction of sp³-hybridized carbons (Fsp3) is 0.231. The maximum Gasteiger partial charge on any atom is 0.356 e. The number of aromatic carboxylic acids is 1. The number of nitrogens with zero attached hydrogens (tertiary/aromatic N) is 3. The van der Waals surface area contributed by atoms with Gasteiger partial charge in [0.25, 0.3) is 0 Å². The number of benzene rings is 1. The summed E-state index contributed by atoms with van der Waals surface area (Å²) in [6.07, 6.45) is 0.911. The second-order valence-corrected chi connectivity index (χ2v) is 4.34. The van der Waals surface area contributed by atoms with Crippen LogP contribution in [0.15, 0.2) is 30.5 Å². The molecule has 1 aromatic heterocycles. The SMILES string of the molecule is CC(C)OC(=O)c1cccc(-n2nncc2C(=O)O)c1. The minimum absolute atomic E-state index is 0.0839. The average molecular weight is 275 g/mol. The summed E-state index contributed by atoms with van der Waals surface area (Å²) < 4.78 is 6.23. The van der Waals surface area contributed by atoms with E-state index < -0.39 is 11.9 Å². The second-order valence-electron chi connectivity index (χ2n) is 4.34. The zero-order valence-electron chi connectivity index (χ0n) is 11.0. The fourth-order valence-corrected chi connectivity index (χ4v) is 1.62. The monoisotopic (exact) mass is 275 g/mol. The van der Waals surface area contributed by atoms with Crippen molar-refractivity contribution in [2.75, 3.05) is 0 Å². The Hall–Kier alpha value is -2.70. The molecule has 2 aromatic rings. The first-order valence-electron chi connectivity index (χ1n) is 5.94. The molecular weight excluding hydrogens is 262 g/mol. The van der Waals surface area contributed by atoms with Crippen LogP contribution in [0.5, 0.6) is 0 Å². The number of hydrogen-bond donors (Lipinski definition) is 1. The highest BCUT2D eigenvalue weighted by Gasteiger charge is 2.15. The number of carboxylic acid groups (broad SMARTS) is 1. The third-order valence-corrected chi connectivity index (χ3v) is 2.44. The maximum atomic E-state index is 11.8. The van der Waals surface area contributed by atoms with Crippen molar-refractivity contribution in [1.82, 2.24) is 15.0 Å². The van der Waals surface area contributed by atoms with Crippen molar-refractivity contribution >= 4 is 11.9 Å². The number of carbonyl (C=O) groups excluding carboxylic acids is 1. The van der Waals surface area contributed by atoms with Gasteiger partial charge in [-0.3, -0.25) is 0 Å². The van der Waals surface area contributed by atoms with Crippen LogP contribution in [0.2, 0.25) is 0 Å². The molecule has 104 valence electrons. The molecule has 0 unspecified atom stereocenters. The average Bonchev–Trinajstić information content (AvgIpc) is 2.87. The number of hydrogen-bond acceptors (Lipinski definition) is 5. The van der Waals surface area contributed by atoms with Crippen molar-refractivity contribution < 1.29 is 19.4 Å². The standard InChI is InChI=1S/C13H13N3O4/c1-8(2)20-13(19)9-4-3-5-10(6-9)16-11(12(17)18)7-14-15-16/h3-8H,1-2H3,(H,17,18). The zero-order valence-corrected chi connectivity index (χ0v) is 11.0. The van der Waals surface area contributed by atoms with E-state index in [2.05, 4.69) is 10.3 Å². The summed E-state index contributed by atoms with van der Waals surface area (Å²) in [6, 6.07) is 6.35. The van der Waals surface area contributed by atoms with E-state index in [1.54, 1.807) is 32.0 Å². The Bertz CT molecular complexity index is 649. The van der Waals surface area contributed by atoms with Gasteiger partial charge >= 0.3 is 11.9 Å². The van der Waals surface area contributed by atoms with Crippen molar-refractivity contribution in [3.05, 3.63) is 41.7 Å². The van der Waals surface area contributed by atoms with Crippen LogP contribution in [0.3, 0.4) is 0 Å². The second kappa shape index (κ2) is 5.52. The Morgan fingerprint density at radius 3 is 2.75 bits per heavy atom. The molecule has 0 saturated heterocycles. The van der Waals surface area contributed by atoms with E-state index in [0.29, 0.717) is 11.3 Å². The molecule has 0 radical (unpaired) electrons. The van der Waals surface area contributed by atoms with Gasteiger partial charge in [-0.1, -0.05) is 11.3 Å². The molecule has 20 heavy (non-hydrogen) atoms. The first-order chi connectivity index (χ1) is 9.49. The molecule has 0 saturated carbocycles. The molecule has 0 amide bonds. The van der Waals surface area contributed by atoms with Crippen molar-refractivity contribution in [2.24, 2.45) is 0 Å². The molecule has 0 atom stereocenters. The number of esters is 1. The largest absolute Gasteiger partial charge is 0.476 e. The van der Waals surface area contributed by atoms with Gasteiger partial charge < -0.3 is 9.84 Å². The van der Waals surface area contributed by atoms with E-state index >= 15 is 0 Å². The smallest absolute Gasteiger partial charge is 0.356 e. The Morgan fingerprint density at radius 1 is 1.35 bits per heavy atom. The molecule has 0 aliphatic heterocycles. The van der Waals surface area contributed by atoms with Crippen molar-refractivity contribution in [3.8, 4) is 5.69 Å². The van der Waals surface area contributed by atoms with Gasteiger partial charge in [0.05, 0.1) is 23.6 Å². The van der Waals surface area contributed by atoms with Crippen molar-refractivity contribution in [3.63, 3.8) is 0 Å². The molecule has 1 heterocycles. The molecule has 1 N–H and O–H groups in total. The van der Waals surface area contributed by atoms with Gasteiger partial charge in [-0.25, -0.2) is 14.3 Å². The van der Waals surface area contributed by atoms with Crippen molar-refractivity contribution in [1.29, 1.82) is 0 Å². The fourth-order valence-electron chi connectivity index (χ4n) is 1.62. The number of carboxylic acids is 1. The van der Waals surface area contributed by atoms with Gasteiger partial charge in [0.1, 0.15) is 0 Å². The first kappa shape index (κ1) is 13.7. The summed E-state index contributed by atoms with van der Waals surface area (Å²) in [4.78, 5) is 22.8. The summed E-state index contributed by atoms with van der Waals surface area (Å²) in [7, 11) is 0. The van der Waals surface area contributed by atoms with Crippen LogP contribution in [0.25, 0.3) is 5.69 Å². The topological polar surface area (TPSA) is 94.3 Å². The van der Waals surface area contributed by atoms with Crippen LogP contribution in [0.4, 0.5) is 0 Å². The predicted octanol–water partition coefficient (Wildman–Crippen LogP) is 1.53. The van der Waals surface area contributed by atoms with Gasteiger partial charge in [-0.2, -0.15) is 0 Å². The van der Waals surface area contributed by atoms with E-state index in [4.69, 9.17) is 9.84 Å². The predicted molar refractivity (Wildman–Crippen MR) is 68.9 cm³/mol. The highest BCUT2D eigenvalue weighted by atomic mass is 16.5. The lowest BCUT2D eigenvalue weighted by molar-refractivity contribution is 0.0377. The van der Waals surface area contributed by atoms with Gasteiger partial charge in [0, 0.05) is 0 Å². The zero-order chi connectivity index (χ0) is 14.7. The van der Waals surface area contributed by atoms with Crippen LogP contribution in [0.1, 0.15) is 34.7 Å². The number of carbonyl (C=O) groups is 2. The van der Waals surface area contributed by atoms with E-state index in [0.717, 1.165) is 10.9 Å². The van der Waals surface area contributed by atoms with E-state index in [1.807, 2.05) is 0 Å². The summed E-state index contributed by atoms with van der Waals surface area (Å²) in [6.45, 7) is 3.50. The first-order valence-corrected chi connectivity index (χ1v) is 5.94. The van der Waals surface area contributed by atoms with Gasteiger partial charge in [0.15, 0.2) is 5.69 Å². The molecular formula is C13H13N3O4. The number of rotatable bonds is 4. The lowest BCUT2D eigenvalue weighted by atomic mass is 10.2. The lowest BCUT2D eigenvalue weighted by Gasteiger charge is -2.09. The highest BCUT2D eigenvalue weighted by molar-refractivity contribution is 5.90. The molecule has 0 bridgehead atoms. The minimum Gasteiger partial charge on any atom is -0.476 e. The maximum absolute atomic E-state index is 11.8. The summed E-state index contributed by atoms with van der Waals surface area (Å²) in [5.41, 5.74) is 0.667. The lowest BCUT2D eigenvalue weighted by Crippen LogP contribution is -2.13. The summed E-state index contributed by atoms with van der Waals surface area (Å²) in [5, 5.41) is 16.3. The van der Waals surface area contributed by atoms with E-state index in [1.165, 1.54) is 6.07 Å². The van der Waals surface area contributed by atoms with Crippen LogP contribution < -0.4 is 0 Å².